The Morgan fingerprint density at radius 2 is 0.810 bits per heavy atom. The quantitative estimate of drug-likeness (QED) is 0.127. The Balaban J connectivity index is 1.07. The molecule has 11 aromatic carbocycles. The first-order valence-electron chi connectivity index (χ1n) is 20.3. The summed E-state index contributed by atoms with van der Waals surface area (Å²) in [6, 6.07) is 67.6. The smallest absolute Gasteiger partial charge is 0.143 e. The molecular formula is C57H36O. The minimum atomic E-state index is -0.176. The van der Waals surface area contributed by atoms with Crippen LogP contribution >= 0.6 is 0 Å². The summed E-state index contributed by atoms with van der Waals surface area (Å²) >= 11 is 0. The minimum Gasteiger partial charge on any atom is -0.455 e. The van der Waals surface area contributed by atoms with Crippen molar-refractivity contribution in [2.45, 2.75) is 19.3 Å². The van der Waals surface area contributed by atoms with E-state index < -0.39 is 0 Å². The van der Waals surface area contributed by atoms with Gasteiger partial charge in [0.25, 0.3) is 0 Å². The number of rotatable bonds is 2. The van der Waals surface area contributed by atoms with E-state index in [1.165, 1.54) is 104 Å². The highest BCUT2D eigenvalue weighted by atomic mass is 16.3. The molecule has 1 heterocycles. The van der Waals surface area contributed by atoms with E-state index in [4.69, 9.17) is 4.42 Å². The van der Waals surface area contributed by atoms with E-state index in [1.54, 1.807) is 0 Å². The van der Waals surface area contributed by atoms with Crippen molar-refractivity contribution in [1.29, 1.82) is 0 Å². The van der Waals surface area contributed by atoms with Crippen molar-refractivity contribution in [1.82, 2.24) is 0 Å². The first-order valence-corrected chi connectivity index (χ1v) is 20.3. The third-order valence-electron chi connectivity index (χ3n) is 13.3. The lowest BCUT2D eigenvalue weighted by atomic mass is 9.77. The number of benzene rings is 11. The van der Waals surface area contributed by atoms with Crippen molar-refractivity contribution in [2.75, 3.05) is 0 Å². The number of hydrogen-bond donors (Lipinski definition) is 0. The predicted octanol–water partition coefficient (Wildman–Crippen LogP) is 16.1. The molecule has 0 radical (unpaired) electrons. The van der Waals surface area contributed by atoms with Gasteiger partial charge in [0.15, 0.2) is 0 Å². The molecule has 1 aliphatic rings. The molecule has 1 heteroatoms. The Labute approximate surface area is 335 Å². The average molecular weight is 737 g/mol. The molecule has 0 saturated heterocycles. The van der Waals surface area contributed by atoms with E-state index >= 15 is 0 Å². The molecule has 0 N–H and O–H groups in total. The van der Waals surface area contributed by atoms with Crippen LogP contribution in [0.4, 0.5) is 0 Å². The molecule has 58 heavy (non-hydrogen) atoms. The summed E-state index contributed by atoms with van der Waals surface area (Å²) in [4.78, 5) is 0. The molecule has 0 saturated carbocycles. The van der Waals surface area contributed by atoms with Gasteiger partial charge in [-0.15, -0.1) is 0 Å². The molecule has 0 unspecified atom stereocenters. The van der Waals surface area contributed by atoms with Crippen LogP contribution in [0.15, 0.2) is 186 Å². The van der Waals surface area contributed by atoms with E-state index in [0.717, 1.165) is 27.3 Å². The predicted molar refractivity (Wildman–Crippen MR) is 247 cm³/mol. The van der Waals surface area contributed by atoms with Gasteiger partial charge in [-0.25, -0.2) is 0 Å². The number of furan rings is 1. The molecule has 1 nitrogen and oxygen atoms in total. The lowest BCUT2D eigenvalue weighted by molar-refractivity contribution is 0.672. The van der Waals surface area contributed by atoms with Gasteiger partial charge >= 0.3 is 0 Å². The van der Waals surface area contributed by atoms with Crippen molar-refractivity contribution >= 4 is 86.6 Å². The first kappa shape index (κ1) is 31.9. The summed E-state index contributed by atoms with van der Waals surface area (Å²) in [6.07, 6.45) is 0. The van der Waals surface area contributed by atoms with Crippen LogP contribution in [0, 0.1) is 0 Å². The lowest BCUT2D eigenvalue weighted by Crippen LogP contribution is -2.16. The van der Waals surface area contributed by atoms with E-state index in [9.17, 15) is 0 Å². The average Bonchev–Trinajstić information content (AvgIpc) is 3.77. The van der Waals surface area contributed by atoms with Crippen molar-refractivity contribution in [2.24, 2.45) is 0 Å². The highest BCUT2D eigenvalue weighted by Gasteiger charge is 2.39. The van der Waals surface area contributed by atoms with Gasteiger partial charge in [-0.2, -0.15) is 0 Å². The summed E-state index contributed by atoms with van der Waals surface area (Å²) in [5.41, 5.74) is 12.3. The molecule has 1 aliphatic carbocycles. The molecule has 0 atom stereocenters. The van der Waals surface area contributed by atoms with Gasteiger partial charge in [-0.1, -0.05) is 172 Å². The van der Waals surface area contributed by atoms with Gasteiger partial charge < -0.3 is 4.42 Å². The monoisotopic (exact) mass is 736 g/mol. The maximum Gasteiger partial charge on any atom is 0.143 e. The van der Waals surface area contributed by atoms with Crippen LogP contribution in [-0.4, -0.2) is 0 Å². The topological polar surface area (TPSA) is 13.1 Å². The standard InChI is InChI=1S/C57H36O/c1-57(2)54-37-15-5-3-13-33(37)24-29-47(54)53-40-18-8-7-17-39(40)48-31-35(25-27-45(48)55(53)57)51-41-19-9-11-21-43(41)52(44-22-12-10-20-42(44)51)36-26-30-50-49(32-36)46-28-23-34-14-4-6-16-38(34)56(46)58-50/h3-32H,1-2H3. The fraction of sp³-hybridized carbons (Fsp3) is 0.0526. The van der Waals surface area contributed by atoms with E-state index in [1.807, 2.05) is 0 Å². The fourth-order valence-electron chi connectivity index (χ4n) is 11.0. The molecule has 270 valence electrons. The molecule has 0 aliphatic heterocycles. The van der Waals surface area contributed by atoms with Gasteiger partial charge in [-0.05, 0) is 128 Å². The van der Waals surface area contributed by atoms with E-state index in [0.29, 0.717) is 0 Å². The lowest BCUT2D eigenvalue weighted by Gasteiger charge is -2.25. The minimum absolute atomic E-state index is 0.176. The Kier molecular flexibility index (Phi) is 6.29. The van der Waals surface area contributed by atoms with E-state index in [2.05, 4.69) is 196 Å². The molecule has 0 spiro atoms. The van der Waals surface area contributed by atoms with Crippen LogP contribution in [0.5, 0.6) is 0 Å². The maximum absolute atomic E-state index is 6.55. The largest absolute Gasteiger partial charge is 0.455 e. The van der Waals surface area contributed by atoms with Crippen LogP contribution in [-0.2, 0) is 5.41 Å². The summed E-state index contributed by atoms with van der Waals surface area (Å²) in [7, 11) is 0. The van der Waals surface area contributed by atoms with Crippen LogP contribution in [0.3, 0.4) is 0 Å². The van der Waals surface area contributed by atoms with Crippen LogP contribution in [0.1, 0.15) is 25.0 Å². The van der Waals surface area contributed by atoms with Crippen LogP contribution in [0.2, 0.25) is 0 Å². The normalized spacial score (nSPS) is 13.5. The molecule has 0 amide bonds. The van der Waals surface area contributed by atoms with Crippen LogP contribution < -0.4 is 0 Å². The molecule has 0 fully saturated rings. The molecule has 0 bridgehead atoms. The van der Waals surface area contributed by atoms with Gasteiger partial charge in [0, 0.05) is 21.6 Å². The SMILES string of the molecule is CC1(C)c2c(ccc3ccccc23)-c2c1c1ccc(-c3c4ccccc4c(-c4ccc5oc6c7ccccc7ccc6c5c4)c4ccccc34)cc1c1ccccc21. The summed E-state index contributed by atoms with van der Waals surface area (Å²) < 4.78 is 6.55. The Morgan fingerprint density at radius 1 is 0.328 bits per heavy atom. The molecule has 1 aromatic heterocycles. The molecular weight excluding hydrogens is 701 g/mol. The Hall–Kier alpha value is -7.22. The molecule has 13 rings (SSSR count). The highest BCUT2D eigenvalue weighted by Crippen LogP contribution is 2.57. The summed E-state index contributed by atoms with van der Waals surface area (Å²) in [5, 5.41) is 17.5. The van der Waals surface area contributed by atoms with Crippen molar-refractivity contribution in [3.8, 4) is 33.4 Å². The van der Waals surface area contributed by atoms with Gasteiger partial charge in [0.2, 0.25) is 0 Å². The van der Waals surface area contributed by atoms with Crippen molar-refractivity contribution in [3.63, 3.8) is 0 Å². The second-order valence-corrected chi connectivity index (χ2v) is 16.7. The zero-order valence-electron chi connectivity index (χ0n) is 32.2. The molecule has 12 aromatic rings. The zero-order chi connectivity index (χ0) is 38.3. The highest BCUT2D eigenvalue weighted by molar-refractivity contribution is 6.25. The summed E-state index contributed by atoms with van der Waals surface area (Å²) in [6.45, 7) is 4.86. The summed E-state index contributed by atoms with van der Waals surface area (Å²) in [5.74, 6) is 0. The van der Waals surface area contributed by atoms with Gasteiger partial charge in [0.1, 0.15) is 11.2 Å². The zero-order valence-corrected chi connectivity index (χ0v) is 32.2. The van der Waals surface area contributed by atoms with Crippen molar-refractivity contribution < 1.29 is 4.42 Å². The Bertz CT molecular complexity index is 3710. The number of hydrogen-bond acceptors (Lipinski definition) is 1. The third-order valence-corrected chi connectivity index (χ3v) is 13.3. The first-order chi connectivity index (χ1) is 28.5. The van der Waals surface area contributed by atoms with Gasteiger partial charge in [0.05, 0.1) is 0 Å². The van der Waals surface area contributed by atoms with Crippen LogP contribution in [0.25, 0.3) is 120 Å². The van der Waals surface area contributed by atoms with Crippen molar-refractivity contribution in [3.05, 3.63) is 193 Å². The van der Waals surface area contributed by atoms with E-state index in [-0.39, 0.29) is 5.41 Å². The maximum atomic E-state index is 6.55. The second kappa shape index (κ2) is 11.4. The number of fused-ring (bicyclic) bond motifs is 17. The second-order valence-electron chi connectivity index (χ2n) is 16.7. The Morgan fingerprint density at radius 3 is 1.47 bits per heavy atom. The third kappa shape index (κ3) is 4.15. The fourth-order valence-corrected chi connectivity index (χ4v) is 11.0. The van der Waals surface area contributed by atoms with Gasteiger partial charge in [-0.3, -0.25) is 0 Å².